The van der Waals surface area contributed by atoms with Gasteiger partial charge < -0.3 is 4.74 Å². The van der Waals surface area contributed by atoms with Crippen molar-refractivity contribution in [3.05, 3.63) is 22.4 Å². The normalized spacial score (nSPS) is 18.6. The van der Waals surface area contributed by atoms with Gasteiger partial charge in [-0.25, -0.2) is 8.42 Å². The second-order valence-electron chi connectivity index (χ2n) is 5.95. The van der Waals surface area contributed by atoms with Crippen LogP contribution in [0.4, 0.5) is 22.0 Å². The second kappa shape index (κ2) is 6.68. The molecule has 1 aliphatic heterocycles. The molecule has 1 atom stereocenters. The Bertz CT molecular complexity index is 801. The minimum atomic E-state index is -5.05. The number of rotatable bonds is 6. The van der Waals surface area contributed by atoms with Gasteiger partial charge in [0.1, 0.15) is 11.3 Å². The zero-order chi connectivity index (χ0) is 19.9. The van der Waals surface area contributed by atoms with E-state index in [0.717, 1.165) is 0 Å². The number of halogens is 5. The largest absolute Gasteiger partial charge is 0.433 e. The number of alkyl halides is 5. The van der Waals surface area contributed by atoms with Gasteiger partial charge in [0.2, 0.25) is 15.7 Å². The average Bonchev–Trinajstić information content (AvgIpc) is 3.03. The number of ether oxygens (including phenoxy) is 1. The van der Waals surface area contributed by atoms with E-state index >= 15 is 0 Å². The number of aromatic nitrogens is 2. The zero-order valence-electron chi connectivity index (χ0n) is 13.8. The third kappa shape index (κ3) is 3.92. The summed E-state index contributed by atoms with van der Waals surface area (Å²) in [4.78, 5) is 5.02. The molecule has 7 nitrogen and oxygen atoms in total. The summed E-state index contributed by atoms with van der Waals surface area (Å²) in [6.45, 7) is 0.856. The third-order valence-corrected chi connectivity index (χ3v) is 5.65. The van der Waals surface area contributed by atoms with E-state index in [4.69, 9.17) is 4.84 Å². The third-order valence-electron chi connectivity index (χ3n) is 3.52. The Kier molecular flexibility index (Phi) is 5.25. The Morgan fingerprint density at radius 1 is 1.35 bits per heavy atom. The van der Waals surface area contributed by atoms with Crippen molar-refractivity contribution in [2.75, 3.05) is 0 Å². The lowest BCUT2D eigenvalue weighted by molar-refractivity contribution is -0.141. The van der Waals surface area contributed by atoms with E-state index in [0.29, 0.717) is 0 Å². The Morgan fingerprint density at radius 3 is 2.38 bits per heavy atom. The van der Waals surface area contributed by atoms with Gasteiger partial charge in [0.25, 0.3) is 0 Å². The molecule has 1 aromatic rings. The Labute approximate surface area is 145 Å². The van der Waals surface area contributed by atoms with Crippen molar-refractivity contribution in [2.45, 2.75) is 50.8 Å². The first kappa shape index (κ1) is 20.4. The highest BCUT2D eigenvalue weighted by Crippen LogP contribution is 2.44. The standard InChI is InChI=1S/C13H16F5N3O4S/c1-4-6(26(22,23)7-5-12(2,3)25-21-7)8-9(13(16,17)18)19-20-10(8)24-11(14)15/h5-6,11,21H,4H2,1-3H3,(H,19,20). The van der Waals surface area contributed by atoms with Crippen LogP contribution in [0.5, 0.6) is 5.88 Å². The molecular weight excluding hydrogens is 389 g/mol. The first-order valence-corrected chi connectivity index (χ1v) is 8.85. The molecule has 2 heterocycles. The summed E-state index contributed by atoms with van der Waals surface area (Å²) >= 11 is 0. The Hall–Kier alpha value is -1.89. The van der Waals surface area contributed by atoms with Gasteiger partial charge in [0, 0.05) is 0 Å². The molecule has 0 aliphatic carbocycles. The maximum atomic E-state index is 13.2. The molecule has 0 amide bonds. The molecule has 148 valence electrons. The summed E-state index contributed by atoms with van der Waals surface area (Å²) < 4.78 is 94.3. The zero-order valence-corrected chi connectivity index (χ0v) is 14.6. The number of aromatic amines is 1. The van der Waals surface area contributed by atoms with Crippen LogP contribution in [0, 0.1) is 0 Å². The van der Waals surface area contributed by atoms with Gasteiger partial charge in [-0.2, -0.15) is 22.0 Å². The van der Waals surface area contributed by atoms with Gasteiger partial charge >= 0.3 is 12.8 Å². The summed E-state index contributed by atoms with van der Waals surface area (Å²) in [5.41, 5.74) is -1.44. The minimum absolute atomic E-state index is 0.357. The van der Waals surface area contributed by atoms with Crippen LogP contribution < -0.4 is 10.2 Å². The van der Waals surface area contributed by atoms with Gasteiger partial charge in [0.15, 0.2) is 5.03 Å². The number of hydrogen-bond acceptors (Lipinski definition) is 6. The first-order valence-electron chi connectivity index (χ1n) is 7.30. The lowest BCUT2D eigenvalue weighted by atomic mass is 10.1. The fraction of sp³-hybridized carbons (Fsp3) is 0.615. The van der Waals surface area contributed by atoms with E-state index in [1.807, 2.05) is 0 Å². The molecule has 2 rings (SSSR count). The molecule has 0 bridgehead atoms. The lowest BCUT2D eigenvalue weighted by Crippen LogP contribution is -2.25. The van der Waals surface area contributed by atoms with Crippen molar-refractivity contribution in [1.82, 2.24) is 15.7 Å². The van der Waals surface area contributed by atoms with Gasteiger partial charge in [-0.1, -0.05) is 6.92 Å². The fourth-order valence-corrected chi connectivity index (χ4v) is 4.33. The fourth-order valence-electron chi connectivity index (χ4n) is 2.45. The van der Waals surface area contributed by atoms with Crippen molar-refractivity contribution in [3.8, 4) is 5.88 Å². The van der Waals surface area contributed by atoms with E-state index in [1.165, 1.54) is 26.8 Å². The molecule has 2 N–H and O–H groups in total. The Balaban J connectivity index is 2.61. The highest BCUT2D eigenvalue weighted by atomic mass is 32.2. The monoisotopic (exact) mass is 405 g/mol. The van der Waals surface area contributed by atoms with Crippen LogP contribution >= 0.6 is 0 Å². The summed E-state index contributed by atoms with van der Waals surface area (Å²) in [7, 11) is -4.45. The molecule has 0 saturated carbocycles. The maximum absolute atomic E-state index is 13.2. The van der Waals surface area contributed by atoms with Crippen LogP contribution in [0.25, 0.3) is 0 Å². The predicted octanol–water partition coefficient (Wildman–Crippen LogP) is 3.05. The molecule has 0 fully saturated rings. The molecule has 0 saturated heterocycles. The van der Waals surface area contributed by atoms with E-state index in [2.05, 4.69) is 15.3 Å². The van der Waals surface area contributed by atoms with Gasteiger partial charge in [-0.15, -0.1) is 5.10 Å². The highest BCUT2D eigenvalue weighted by Gasteiger charge is 2.46. The predicted molar refractivity (Wildman–Crippen MR) is 78.6 cm³/mol. The van der Waals surface area contributed by atoms with Crippen LogP contribution in [-0.4, -0.2) is 30.8 Å². The van der Waals surface area contributed by atoms with Crippen LogP contribution in [0.2, 0.25) is 0 Å². The van der Waals surface area contributed by atoms with E-state index < -0.39 is 55.6 Å². The van der Waals surface area contributed by atoms with Crippen molar-refractivity contribution < 1.29 is 39.9 Å². The molecule has 0 radical (unpaired) electrons. The molecule has 0 aromatic carbocycles. The van der Waals surface area contributed by atoms with Crippen LogP contribution in [0.15, 0.2) is 11.1 Å². The van der Waals surface area contributed by atoms with Crippen LogP contribution in [0.3, 0.4) is 0 Å². The van der Waals surface area contributed by atoms with E-state index in [-0.39, 0.29) is 6.42 Å². The first-order chi connectivity index (χ1) is 11.8. The molecule has 1 aliphatic rings. The quantitative estimate of drug-likeness (QED) is 0.707. The maximum Gasteiger partial charge on any atom is 0.433 e. The number of hydroxylamine groups is 1. The van der Waals surface area contributed by atoms with Crippen molar-refractivity contribution in [1.29, 1.82) is 0 Å². The van der Waals surface area contributed by atoms with Crippen molar-refractivity contribution in [2.24, 2.45) is 0 Å². The summed E-state index contributed by atoms with van der Waals surface area (Å²) in [5, 5.41) is 2.31. The molecule has 26 heavy (non-hydrogen) atoms. The topological polar surface area (TPSA) is 93.3 Å². The average molecular weight is 405 g/mol. The van der Waals surface area contributed by atoms with E-state index in [1.54, 1.807) is 5.10 Å². The number of nitrogens with one attached hydrogen (secondary N) is 2. The summed E-state index contributed by atoms with van der Waals surface area (Å²) in [5.74, 6) is -1.12. The minimum Gasteiger partial charge on any atom is -0.415 e. The summed E-state index contributed by atoms with van der Waals surface area (Å²) in [6.07, 6.45) is -4.24. The number of nitrogens with zero attached hydrogens (tertiary/aromatic N) is 1. The van der Waals surface area contributed by atoms with E-state index in [9.17, 15) is 30.4 Å². The summed E-state index contributed by atoms with van der Waals surface area (Å²) in [6, 6.07) is 0. The number of sulfone groups is 1. The van der Waals surface area contributed by atoms with Gasteiger partial charge in [0.05, 0.1) is 10.8 Å². The lowest BCUT2D eigenvalue weighted by Gasteiger charge is -2.19. The molecule has 1 unspecified atom stereocenters. The molecule has 13 heteroatoms. The second-order valence-corrected chi connectivity index (χ2v) is 8.05. The molecular formula is C13H16F5N3O4S. The van der Waals surface area contributed by atoms with Crippen molar-refractivity contribution in [3.63, 3.8) is 0 Å². The van der Waals surface area contributed by atoms with Crippen LogP contribution in [-0.2, 0) is 20.9 Å². The Morgan fingerprint density at radius 2 is 1.96 bits per heavy atom. The smallest absolute Gasteiger partial charge is 0.415 e. The molecule has 1 aromatic heterocycles. The van der Waals surface area contributed by atoms with Crippen LogP contribution in [0.1, 0.15) is 43.7 Å². The SMILES string of the molecule is CCC(c1c(OC(F)F)n[nH]c1C(F)(F)F)S(=O)(=O)C1=CC(C)(C)ON1. The van der Waals surface area contributed by atoms with Crippen molar-refractivity contribution >= 4 is 9.84 Å². The number of hydrogen-bond donors (Lipinski definition) is 2. The number of H-pyrrole nitrogens is 1. The van der Waals surface area contributed by atoms with Gasteiger partial charge in [-0.3, -0.25) is 15.4 Å². The molecule has 0 spiro atoms. The van der Waals surface area contributed by atoms with Gasteiger partial charge in [-0.05, 0) is 26.3 Å². The highest BCUT2D eigenvalue weighted by molar-refractivity contribution is 7.95.